The van der Waals surface area contributed by atoms with Crippen molar-refractivity contribution in [3.05, 3.63) is 35.7 Å². The lowest BCUT2D eigenvalue weighted by Gasteiger charge is -1.99. The first-order valence-corrected chi connectivity index (χ1v) is 4.57. The fourth-order valence-corrected chi connectivity index (χ4v) is 1.01. The third kappa shape index (κ3) is 3.34. The molecule has 0 saturated carbocycles. The quantitative estimate of drug-likeness (QED) is 0.445. The molecule has 0 bridgehead atoms. The summed E-state index contributed by atoms with van der Waals surface area (Å²) in [5.41, 5.74) is 0.512. The summed E-state index contributed by atoms with van der Waals surface area (Å²) >= 11 is 0. The number of likely N-dealkylation sites (N-methyl/N-ethyl adjacent to an activating group) is 1. The average Bonchev–Trinajstić information content (AvgIpc) is 2.27. The smallest absolute Gasteiger partial charge is 0.255 e. The summed E-state index contributed by atoms with van der Waals surface area (Å²) in [7, 11) is 0. The van der Waals surface area contributed by atoms with Crippen LogP contribution in [0.3, 0.4) is 0 Å². The summed E-state index contributed by atoms with van der Waals surface area (Å²) in [5.74, 6) is -0.432. The lowest BCUT2D eigenvalue weighted by Crippen LogP contribution is -2.24. The van der Waals surface area contributed by atoms with Gasteiger partial charge in [0.15, 0.2) is 0 Å². The number of amides is 1. The topological polar surface area (TPSA) is 59.1 Å². The van der Waals surface area contributed by atoms with Crippen LogP contribution in [0.4, 0.5) is 0 Å². The van der Waals surface area contributed by atoms with Gasteiger partial charge in [0.1, 0.15) is 0 Å². The van der Waals surface area contributed by atoms with Crippen LogP contribution >= 0.6 is 0 Å². The molecule has 0 fully saturated rings. The molecule has 0 spiro atoms. The molecule has 4 nitrogen and oxygen atoms in total. The Labute approximate surface area is 88.0 Å². The second-order valence-electron chi connectivity index (χ2n) is 2.77. The summed E-state index contributed by atoms with van der Waals surface area (Å²) < 4.78 is 0. The fourth-order valence-electron chi connectivity index (χ4n) is 1.01. The minimum atomic E-state index is -0.432. The summed E-state index contributed by atoms with van der Waals surface area (Å²) in [6, 6.07) is 5.24. The average molecular weight is 203 g/mol. The van der Waals surface area contributed by atoms with Crippen LogP contribution in [0.1, 0.15) is 12.6 Å². The minimum Gasteiger partial charge on any atom is -0.352 e. The molecular weight excluding hydrogens is 192 g/mol. The van der Waals surface area contributed by atoms with E-state index in [9.17, 15) is 9.59 Å². The normalized spacial score (nSPS) is 10.9. The van der Waals surface area contributed by atoms with Gasteiger partial charge in [-0.15, -0.1) is 0 Å². The van der Waals surface area contributed by atoms with Gasteiger partial charge in [-0.1, -0.05) is 6.07 Å². The van der Waals surface area contributed by atoms with Crippen LogP contribution < -0.4 is 5.32 Å². The zero-order chi connectivity index (χ0) is 11.1. The molecule has 0 unspecified atom stereocenters. The van der Waals surface area contributed by atoms with Crippen LogP contribution in [0.25, 0.3) is 6.08 Å². The minimum absolute atomic E-state index is 0.0458. The number of hydrogen-bond donors (Lipinski definition) is 1. The van der Waals surface area contributed by atoms with E-state index in [1.807, 2.05) is 0 Å². The van der Waals surface area contributed by atoms with Crippen LogP contribution in [0.15, 0.2) is 30.0 Å². The van der Waals surface area contributed by atoms with Gasteiger partial charge in [-0.25, -0.2) is 0 Å². The van der Waals surface area contributed by atoms with Gasteiger partial charge in [0, 0.05) is 12.7 Å². The van der Waals surface area contributed by atoms with E-state index in [0.29, 0.717) is 12.2 Å². The Morgan fingerprint density at radius 3 is 2.93 bits per heavy atom. The third-order valence-corrected chi connectivity index (χ3v) is 1.67. The number of hydrogen-bond acceptors (Lipinski definition) is 3. The molecule has 77 valence electrons. The largest absolute Gasteiger partial charge is 0.352 e. The van der Waals surface area contributed by atoms with E-state index in [0.717, 1.165) is 0 Å². The van der Waals surface area contributed by atoms with Gasteiger partial charge in [-0.05, 0) is 25.1 Å². The second-order valence-corrected chi connectivity index (χ2v) is 2.77. The van der Waals surface area contributed by atoms with Gasteiger partial charge < -0.3 is 5.32 Å². The van der Waals surface area contributed by atoms with E-state index in [-0.39, 0.29) is 5.57 Å². The first-order valence-electron chi connectivity index (χ1n) is 4.57. The summed E-state index contributed by atoms with van der Waals surface area (Å²) in [6.07, 6.45) is 4.58. The molecule has 1 aromatic rings. The van der Waals surface area contributed by atoms with Crippen molar-refractivity contribution in [1.29, 1.82) is 0 Å². The van der Waals surface area contributed by atoms with E-state index >= 15 is 0 Å². The molecule has 0 saturated heterocycles. The van der Waals surface area contributed by atoms with E-state index in [4.69, 9.17) is 0 Å². The molecule has 0 aliphatic rings. The van der Waals surface area contributed by atoms with Gasteiger partial charge in [-0.2, -0.15) is 0 Å². The van der Waals surface area contributed by atoms with Crippen molar-refractivity contribution in [2.75, 3.05) is 6.54 Å². The van der Waals surface area contributed by atoms with Crippen molar-refractivity contribution < 1.29 is 9.59 Å². The number of aromatic nitrogens is 1. The van der Waals surface area contributed by atoms with Gasteiger partial charge in [0.25, 0.3) is 5.91 Å². The predicted octanol–water partition coefficient (Wildman–Crippen LogP) is 0.711. The first kappa shape index (κ1) is 11.1. The highest BCUT2D eigenvalue weighted by Crippen LogP contribution is 2.01. The number of rotatable bonds is 4. The lowest BCUT2D eigenvalue weighted by molar-refractivity contribution is -0.116. The molecule has 1 aromatic heterocycles. The molecular formula is C11H11N2O2. The van der Waals surface area contributed by atoms with E-state index in [2.05, 4.69) is 10.3 Å². The SMILES string of the molecule is CCNC(=O)C([C]=O)=Cc1ccccn1. The molecule has 1 rings (SSSR count). The van der Waals surface area contributed by atoms with Crippen molar-refractivity contribution in [2.45, 2.75) is 6.92 Å². The van der Waals surface area contributed by atoms with Crippen molar-refractivity contribution >= 4 is 18.3 Å². The van der Waals surface area contributed by atoms with Gasteiger partial charge in [0.2, 0.25) is 6.29 Å². The molecule has 0 atom stereocenters. The number of pyridine rings is 1. The van der Waals surface area contributed by atoms with E-state index in [1.165, 1.54) is 6.08 Å². The van der Waals surface area contributed by atoms with Crippen LogP contribution in [-0.4, -0.2) is 23.7 Å². The van der Waals surface area contributed by atoms with Gasteiger partial charge >= 0.3 is 0 Å². The maximum absolute atomic E-state index is 11.3. The summed E-state index contributed by atoms with van der Waals surface area (Å²) in [6.45, 7) is 2.25. The molecule has 0 aromatic carbocycles. The second kappa shape index (κ2) is 5.70. The van der Waals surface area contributed by atoms with Crippen molar-refractivity contribution in [1.82, 2.24) is 10.3 Å². The Balaban J connectivity index is 2.87. The van der Waals surface area contributed by atoms with E-state index < -0.39 is 5.91 Å². The number of nitrogens with one attached hydrogen (secondary N) is 1. The molecule has 1 radical (unpaired) electrons. The first-order chi connectivity index (χ1) is 7.27. The predicted molar refractivity (Wildman–Crippen MR) is 56.6 cm³/mol. The standard InChI is InChI=1S/C11H11N2O2/c1-2-12-11(15)9(8-14)7-10-5-3-4-6-13-10/h3-7H,2H2,1H3,(H,12,15). The van der Waals surface area contributed by atoms with Crippen molar-refractivity contribution in [3.8, 4) is 0 Å². The van der Waals surface area contributed by atoms with Crippen LogP contribution in [0, 0.1) is 0 Å². The molecule has 1 amide bonds. The highest BCUT2D eigenvalue weighted by Gasteiger charge is 2.07. The Kier molecular flexibility index (Phi) is 4.22. The Bertz CT molecular complexity index is 371. The summed E-state index contributed by atoms with van der Waals surface area (Å²) in [5, 5.41) is 2.52. The van der Waals surface area contributed by atoms with Crippen LogP contribution in [-0.2, 0) is 9.59 Å². The lowest BCUT2D eigenvalue weighted by atomic mass is 10.2. The number of nitrogens with zero attached hydrogens (tertiary/aromatic N) is 1. The molecule has 0 aliphatic carbocycles. The maximum Gasteiger partial charge on any atom is 0.255 e. The Morgan fingerprint density at radius 2 is 2.40 bits per heavy atom. The zero-order valence-corrected chi connectivity index (χ0v) is 8.36. The van der Waals surface area contributed by atoms with Gasteiger partial charge in [0.05, 0.1) is 11.3 Å². The monoisotopic (exact) mass is 203 g/mol. The van der Waals surface area contributed by atoms with Crippen molar-refractivity contribution in [3.63, 3.8) is 0 Å². The van der Waals surface area contributed by atoms with E-state index in [1.54, 1.807) is 37.6 Å². The molecule has 1 N–H and O–H groups in total. The number of carbonyl (C=O) groups excluding carboxylic acids is 2. The Hall–Kier alpha value is -1.97. The molecule has 4 heteroatoms. The highest BCUT2D eigenvalue weighted by atomic mass is 16.2. The third-order valence-electron chi connectivity index (χ3n) is 1.67. The number of carbonyl (C=O) groups is 1. The Morgan fingerprint density at radius 1 is 1.60 bits per heavy atom. The van der Waals surface area contributed by atoms with Crippen LogP contribution in [0.2, 0.25) is 0 Å². The zero-order valence-electron chi connectivity index (χ0n) is 8.36. The maximum atomic E-state index is 11.3. The van der Waals surface area contributed by atoms with Crippen LogP contribution in [0.5, 0.6) is 0 Å². The molecule has 0 aliphatic heterocycles. The molecule has 15 heavy (non-hydrogen) atoms. The highest BCUT2D eigenvalue weighted by molar-refractivity contribution is 6.14. The van der Waals surface area contributed by atoms with Crippen molar-refractivity contribution in [2.24, 2.45) is 0 Å². The molecule has 1 heterocycles. The fraction of sp³-hybridized carbons (Fsp3) is 0.182. The summed E-state index contributed by atoms with van der Waals surface area (Å²) in [4.78, 5) is 25.8. The van der Waals surface area contributed by atoms with Gasteiger partial charge in [-0.3, -0.25) is 14.6 Å².